The van der Waals surface area contributed by atoms with Crippen LogP contribution in [-0.2, 0) is 9.59 Å². The van der Waals surface area contributed by atoms with E-state index in [9.17, 15) is 31.5 Å². The third-order valence-corrected chi connectivity index (χ3v) is 4.97. The number of carboxylic acid groups (broad SMARTS) is 2. The molecule has 40 heavy (non-hydrogen) atoms. The predicted octanol–water partition coefficient (Wildman–Crippen LogP) is 2.96. The van der Waals surface area contributed by atoms with Crippen LogP contribution in [0.1, 0.15) is 13.3 Å². The number of halogens is 6. The summed E-state index contributed by atoms with van der Waals surface area (Å²) < 4.78 is 75.5. The first-order chi connectivity index (χ1) is 18.3. The lowest BCUT2D eigenvalue weighted by atomic mass is 10.1. The van der Waals surface area contributed by atoms with Crippen LogP contribution in [0, 0.1) is 11.6 Å². The molecule has 0 unspecified atom stereocenters. The molecular formula is C22H24ClF5N6O6. The summed E-state index contributed by atoms with van der Waals surface area (Å²) in [4.78, 5) is 26.8. The largest absolute Gasteiger partial charge is 0.493 e. The van der Waals surface area contributed by atoms with E-state index in [0.29, 0.717) is 25.1 Å². The summed E-state index contributed by atoms with van der Waals surface area (Å²) in [5, 5.41) is 24.1. The molecule has 0 spiro atoms. The second kappa shape index (κ2) is 14.9. The van der Waals surface area contributed by atoms with Gasteiger partial charge in [-0.1, -0.05) is 11.6 Å². The second-order valence-corrected chi connectivity index (χ2v) is 7.94. The molecule has 0 bridgehead atoms. The number of carbonyl (C=O) groups is 2. The molecule has 0 aliphatic carbocycles. The minimum atomic E-state index is -4.65. The molecule has 0 amide bonds. The van der Waals surface area contributed by atoms with Crippen LogP contribution in [0.4, 0.5) is 27.8 Å². The molecule has 12 nitrogen and oxygen atoms in total. The van der Waals surface area contributed by atoms with Crippen molar-refractivity contribution >= 4 is 35.1 Å². The molecule has 2 aromatic heterocycles. The Hall–Kier alpha value is -4.09. The lowest BCUT2D eigenvalue weighted by molar-refractivity contribution is -0.138. The van der Waals surface area contributed by atoms with Crippen LogP contribution >= 0.6 is 11.6 Å². The van der Waals surface area contributed by atoms with Gasteiger partial charge >= 0.3 is 18.1 Å². The first-order valence-electron chi connectivity index (χ1n) is 10.9. The van der Waals surface area contributed by atoms with Crippen molar-refractivity contribution in [1.29, 1.82) is 0 Å². The van der Waals surface area contributed by atoms with Gasteiger partial charge in [0.15, 0.2) is 0 Å². The Bertz CT molecular complexity index is 1310. The summed E-state index contributed by atoms with van der Waals surface area (Å²) in [6.07, 6.45) is -1.91. The SMILES string of the molecule is CNCCCOc1cc(F)c(-c2c(Cl)nc3ncnn3c2N[C@@H](C)C(F)(F)F)c(F)c1.O.O=C(O)/C=C/C(=O)O. The van der Waals surface area contributed by atoms with E-state index in [2.05, 4.69) is 25.7 Å². The molecule has 3 rings (SSSR count). The third kappa shape index (κ3) is 9.28. The molecule has 3 aromatic rings. The summed E-state index contributed by atoms with van der Waals surface area (Å²) >= 11 is 6.11. The van der Waals surface area contributed by atoms with Gasteiger partial charge < -0.3 is 31.1 Å². The first-order valence-corrected chi connectivity index (χ1v) is 11.3. The minimum Gasteiger partial charge on any atom is -0.493 e. The quantitative estimate of drug-likeness (QED) is 0.117. The number of nitrogens with one attached hydrogen (secondary N) is 2. The number of hydrogen-bond acceptors (Lipinski definition) is 8. The van der Waals surface area contributed by atoms with E-state index in [1.807, 2.05) is 0 Å². The number of nitrogens with zero attached hydrogens (tertiary/aromatic N) is 4. The monoisotopic (exact) mass is 598 g/mol. The molecule has 0 saturated carbocycles. The predicted molar refractivity (Wildman–Crippen MR) is 132 cm³/mol. The lowest BCUT2D eigenvalue weighted by Crippen LogP contribution is -2.34. The number of benzene rings is 1. The van der Waals surface area contributed by atoms with Gasteiger partial charge in [-0.25, -0.2) is 18.4 Å². The van der Waals surface area contributed by atoms with Crippen molar-refractivity contribution in [1.82, 2.24) is 24.9 Å². The number of aliphatic carboxylic acids is 2. The highest BCUT2D eigenvalue weighted by molar-refractivity contribution is 6.33. The highest BCUT2D eigenvalue weighted by Gasteiger charge is 2.37. The van der Waals surface area contributed by atoms with Crippen molar-refractivity contribution < 1.29 is 52.0 Å². The number of fused-ring (bicyclic) bond motifs is 1. The highest BCUT2D eigenvalue weighted by atomic mass is 35.5. The number of ether oxygens (including phenoxy) is 1. The zero-order chi connectivity index (χ0) is 29.3. The molecular weight excluding hydrogens is 575 g/mol. The van der Waals surface area contributed by atoms with Crippen molar-refractivity contribution in [3.8, 4) is 16.9 Å². The van der Waals surface area contributed by atoms with Gasteiger partial charge in [-0.15, -0.1) is 0 Å². The maximum absolute atomic E-state index is 14.9. The molecule has 1 aromatic carbocycles. The molecule has 18 heteroatoms. The Kier molecular flexibility index (Phi) is 12.6. The van der Waals surface area contributed by atoms with Crippen LogP contribution in [-0.4, -0.2) is 79.6 Å². The van der Waals surface area contributed by atoms with Crippen LogP contribution in [0.2, 0.25) is 5.15 Å². The van der Waals surface area contributed by atoms with E-state index < -0.39 is 57.9 Å². The molecule has 0 saturated heterocycles. The average Bonchev–Trinajstić information content (AvgIpc) is 3.29. The molecule has 2 heterocycles. The van der Waals surface area contributed by atoms with Gasteiger partial charge in [0, 0.05) is 24.3 Å². The fraction of sp³-hybridized carbons (Fsp3) is 0.318. The van der Waals surface area contributed by atoms with E-state index in [1.165, 1.54) is 0 Å². The molecule has 0 fully saturated rings. The van der Waals surface area contributed by atoms with Crippen molar-refractivity contribution in [3.63, 3.8) is 0 Å². The zero-order valence-corrected chi connectivity index (χ0v) is 21.5. The van der Waals surface area contributed by atoms with Crippen LogP contribution in [0.25, 0.3) is 16.9 Å². The average molecular weight is 599 g/mol. The van der Waals surface area contributed by atoms with E-state index in [0.717, 1.165) is 29.9 Å². The highest BCUT2D eigenvalue weighted by Crippen LogP contribution is 2.39. The number of carboxylic acids is 2. The summed E-state index contributed by atoms with van der Waals surface area (Å²) in [5.74, 6) is -5.31. The van der Waals surface area contributed by atoms with Gasteiger partial charge in [0.1, 0.15) is 40.7 Å². The molecule has 0 aliphatic heterocycles. The summed E-state index contributed by atoms with van der Waals surface area (Å²) in [6, 6.07) is -0.231. The van der Waals surface area contributed by atoms with Crippen molar-refractivity contribution in [2.24, 2.45) is 0 Å². The number of anilines is 1. The maximum atomic E-state index is 14.9. The third-order valence-electron chi connectivity index (χ3n) is 4.70. The summed E-state index contributed by atoms with van der Waals surface area (Å²) in [7, 11) is 1.75. The van der Waals surface area contributed by atoms with Crippen LogP contribution < -0.4 is 15.4 Å². The van der Waals surface area contributed by atoms with Crippen LogP contribution in [0.5, 0.6) is 5.75 Å². The Morgan fingerprint density at radius 3 is 2.23 bits per heavy atom. The van der Waals surface area contributed by atoms with Gasteiger partial charge in [-0.3, -0.25) is 0 Å². The summed E-state index contributed by atoms with van der Waals surface area (Å²) in [6.45, 7) is 1.70. The Morgan fingerprint density at radius 2 is 1.73 bits per heavy atom. The molecule has 220 valence electrons. The van der Waals surface area contributed by atoms with Gasteiger partial charge in [0.25, 0.3) is 5.78 Å². The number of aromatic nitrogens is 4. The number of hydrogen-bond donors (Lipinski definition) is 4. The fourth-order valence-electron chi connectivity index (χ4n) is 2.91. The standard InChI is InChI=1S/C18H18ClF5N6O.C4H4O4.H2O/c1-9(18(22,23)24)28-16-14(15(19)29-17-26-8-27-30(16)17)13-11(20)6-10(7-12(13)21)31-5-3-4-25-2;5-3(6)1-2-4(7)8;/h6-9,25,28H,3-5H2,1-2H3;1-2H,(H,5,6)(H,7,8);1H2/b;2-1+;/t9-;;/m0../s1. The van der Waals surface area contributed by atoms with Crippen molar-refractivity contribution in [3.05, 3.63) is 47.4 Å². The maximum Gasteiger partial charge on any atom is 0.408 e. The molecule has 6 N–H and O–H groups in total. The van der Waals surface area contributed by atoms with Crippen LogP contribution in [0.15, 0.2) is 30.6 Å². The van der Waals surface area contributed by atoms with Gasteiger partial charge in [-0.2, -0.15) is 32.8 Å². The summed E-state index contributed by atoms with van der Waals surface area (Å²) in [5.41, 5.74) is -1.10. The van der Waals surface area contributed by atoms with Crippen molar-refractivity contribution in [2.45, 2.75) is 25.6 Å². The van der Waals surface area contributed by atoms with E-state index >= 15 is 0 Å². The second-order valence-electron chi connectivity index (χ2n) is 7.58. The van der Waals surface area contributed by atoms with Gasteiger partial charge in [0.05, 0.1) is 17.7 Å². The number of alkyl halides is 3. The van der Waals surface area contributed by atoms with E-state index in [4.69, 9.17) is 26.6 Å². The minimum absolute atomic E-state index is 0. The van der Waals surface area contributed by atoms with Crippen molar-refractivity contribution in [2.75, 3.05) is 25.5 Å². The van der Waals surface area contributed by atoms with Gasteiger partial charge in [-0.05, 0) is 26.9 Å². The Balaban J connectivity index is 0.000000777. The van der Waals surface area contributed by atoms with Gasteiger partial charge in [0.2, 0.25) is 0 Å². The number of rotatable bonds is 10. The molecule has 1 atom stereocenters. The lowest BCUT2D eigenvalue weighted by Gasteiger charge is -2.21. The molecule has 0 radical (unpaired) electrons. The normalized spacial score (nSPS) is 11.9. The zero-order valence-electron chi connectivity index (χ0n) is 20.8. The smallest absolute Gasteiger partial charge is 0.408 e. The fourth-order valence-corrected chi connectivity index (χ4v) is 3.17. The first kappa shape index (κ1) is 33.9. The van der Waals surface area contributed by atoms with Crippen LogP contribution in [0.3, 0.4) is 0 Å². The van der Waals surface area contributed by atoms with E-state index in [1.54, 1.807) is 7.05 Å². The Labute approximate surface area is 227 Å². The Morgan fingerprint density at radius 1 is 1.15 bits per heavy atom. The topological polar surface area (TPSA) is 182 Å². The molecule has 0 aliphatic rings. The van der Waals surface area contributed by atoms with E-state index in [-0.39, 0.29) is 23.6 Å².